The highest BCUT2D eigenvalue weighted by molar-refractivity contribution is 5.87. The van der Waals surface area contributed by atoms with Gasteiger partial charge in [0.25, 0.3) is 11.9 Å². The minimum absolute atomic E-state index is 0.751. The second-order valence-electron chi connectivity index (χ2n) is 4.93. The molecule has 20 heteroatoms. The van der Waals surface area contributed by atoms with Crippen LogP contribution in [0.2, 0.25) is 0 Å². The number of nitrogens with zero attached hydrogens (tertiary/aromatic N) is 2. The Bertz CT molecular complexity index is 618. The van der Waals surface area contributed by atoms with E-state index in [1.54, 1.807) is 0 Å². The average Bonchev–Trinajstić information content (AvgIpc) is 2.57. The molecule has 0 fully saturated rings. The van der Waals surface area contributed by atoms with Gasteiger partial charge < -0.3 is 0 Å². The number of hydrogen-bond donors (Lipinski definition) is 0. The molecule has 0 aromatic heterocycles. The number of rotatable bonds is 9. The fourth-order valence-corrected chi connectivity index (χ4v) is 1.17. The van der Waals surface area contributed by atoms with E-state index in [-0.39, 0.29) is 0 Å². The molecule has 0 atom stereocenters. The van der Waals surface area contributed by atoms with Crippen molar-refractivity contribution in [1.82, 2.24) is 0 Å². The Hall–Kier alpha value is -1.92. The lowest BCUT2D eigenvalue weighted by molar-refractivity contribution is -0.321. The molecule has 0 aliphatic heterocycles. The van der Waals surface area contributed by atoms with E-state index in [9.17, 15) is 79.0 Å². The minimum atomic E-state index is -7.40. The van der Waals surface area contributed by atoms with Gasteiger partial charge in [-0.1, -0.05) is 0 Å². The largest absolute Gasteiger partial charge is 0.386 e. The van der Waals surface area contributed by atoms with Crippen LogP contribution in [0.25, 0.3) is 0 Å². The summed E-state index contributed by atoms with van der Waals surface area (Å²) in [6.07, 6.45) is -11.2. The average molecular weight is 492 g/mol. The normalized spacial score (nSPS) is 16.7. The minimum Gasteiger partial charge on any atom is -0.203 e. The molecule has 0 radical (unpaired) electrons. The van der Waals surface area contributed by atoms with Crippen molar-refractivity contribution in [2.75, 3.05) is 0 Å². The van der Waals surface area contributed by atoms with E-state index >= 15 is 0 Å². The third-order valence-electron chi connectivity index (χ3n) is 2.92. The first kappa shape index (κ1) is 28.1. The molecular weight excluding hydrogens is 490 g/mol. The Morgan fingerprint density at radius 2 is 0.667 bits per heavy atom. The van der Waals surface area contributed by atoms with Crippen LogP contribution in [0.4, 0.5) is 79.0 Å². The Morgan fingerprint density at radius 1 is 0.467 bits per heavy atom. The fraction of sp³-hybridized carbons (Fsp3) is 0.800. The topological polar surface area (TPSA) is 24.7 Å². The molecule has 0 N–H and O–H groups in total. The number of halogens is 18. The Kier molecular flexibility index (Phi) is 7.46. The molecular formula is C10H2F18N2. The molecule has 0 saturated heterocycles. The van der Waals surface area contributed by atoms with Crippen LogP contribution in [0.3, 0.4) is 0 Å². The first-order valence-corrected chi connectivity index (χ1v) is 6.24. The molecule has 0 amide bonds. The maximum atomic E-state index is 12.9. The SMILES string of the molecule is FC(=NN=C(F)C(F)(F)C(F)(F)C(F)(F)C(F)F)C(F)(F)C(F)(F)C(F)(F)C(F)F. The summed E-state index contributed by atoms with van der Waals surface area (Å²) in [6.45, 7) is 0. The molecule has 30 heavy (non-hydrogen) atoms. The Balaban J connectivity index is 6.22. The van der Waals surface area contributed by atoms with Crippen molar-refractivity contribution >= 4 is 11.9 Å². The van der Waals surface area contributed by atoms with Crippen molar-refractivity contribution in [3.05, 3.63) is 0 Å². The van der Waals surface area contributed by atoms with Crippen LogP contribution in [0.15, 0.2) is 10.2 Å². The standard InChI is InChI=1S/C10H2F18N2/c11-1(12)5(17,18)9(25,26)7(21,22)3(15)29-30-4(16)8(23,24)10(27,28)6(19,20)2(13)14/h1-2H. The van der Waals surface area contributed by atoms with E-state index < -0.39 is 60.3 Å². The summed E-state index contributed by atoms with van der Waals surface area (Å²) in [5, 5.41) is 1.50. The predicted octanol–water partition coefficient (Wildman–Crippen LogP) is 5.98. The van der Waals surface area contributed by atoms with Gasteiger partial charge in [-0.15, -0.1) is 10.2 Å². The van der Waals surface area contributed by atoms with Crippen molar-refractivity contribution in [3.8, 4) is 0 Å². The summed E-state index contributed by atoms with van der Waals surface area (Å²) in [7, 11) is 0. The Morgan fingerprint density at radius 3 is 0.833 bits per heavy atom. The highest BCUT2D eigenvalue weighted by Gasteiger charge is 2.79. The highest BCUT2D eigenvalue weighted by Crippen LogP contribution is 2.50. The van der Waals surface area contributed by atoms with Crippen LogP contribution >= 0.6 is 0 Å². The maximum absolute atomic E-state index is 12.9. The maximum Gasteiger partial charge on any atom is 0.386 e. The molecule has 0 aromatic carbocycles. The van der Waals surface area contributed by atoms with Crippen molar-refractivity contribution in [2.45, 2.75) is 48.4 Å². The van der Waals surface area contributed by atoms with Crippen LogP contribution in [0, 0.1) is 0 Å². The third kappa shape index (κ3) is 4.12. The molecule has 178 valence electrons. The molecule has 2 nitrogen and oxygen atoms in total. The molecule has 0 aliphatic rings. The monoisotopic (exact) mass is 492 g/mol. The molecule has 0 rings (SSSR count). The van der Waals surface area contributed by atoms with Gasteiger partial charge in [0.1, 0.15) is 0 Å². The number of hydrogen-bond acceptors (Lipinski definition) is 2. The van der Waals surface area contributed by atoms with Gasteiger partial charge in [0, 0.05) is 0 Å². The molecule has 0 spiro atoms. The van der Waals surface area contributed by atoms with Crippen molar-refractivity contribution in [1.29, 1.82) is 0 Å². The summed E-state index contributed by atoms with van der Waals surface area (Å²) in [5.74, 6) is -52.1. The molecule has 0 bridgehead atoms. The van der Waals surface area contributed by atoms with E-state index in [1.165, 1.54) is 0 Å². The van der Waals surface area contributed by atoms with Crippen LogP contribution in [0.1, 0.15) is 0 Å². The van der Waals surface area contributed by atoms with Gasteiger partial charge >= 0.3 is 48.4 Å². The van der Waals surface area contributed by atoms with Gasteiger partial charge in [0.05, 0.1) is 0 Å². The predicted molar refractivity (Wildman–Crippen MR) is 58.8 cm³/mol. The number of alkyl halides is 16. The first-order valence-electron chi connectivity index (χ1n) is 6.24. The van der Waals surface area contributed by atoms with E-state index in [4.69, 9.17) is 0 Å². The lowest BCUT2D eigenvalue weighted by atomic mass is 10.1. The van der Waals surface area contributed by atoms with E-state index in [0.29, 0.717) is 0 Å². The van der Waals surface area contributed by atoms with E-state index in [0.717, 1.165) is 10.2 Å². The van der Waals surface area contributed by atoms with E-state index in [1.807, 2.05) is 0 Å². The molecule has 0 heterocycles. The second kappa shape index (κ2) is 7.97. The molecule has 0 saturated carbocycles. The van der Waals surface area contributed by atoms with Gasteiger partial charge in [-0.25, -0.2) is 17.6 Å². The smallest absolute Gasteiger partial charge is 0.203 e. The molecule has 0 unspecified atom stereocenters. The van der Waals surface area contributed by atoms with Gasteiger partial charge in [-0.2, -0.15) is 61.5 Å². The van der Waals surface area contributed by atoms with Crippen molar-refractivity contribution < 1.29 is 79.0 Å². The summed E-state index contributed by atoms with van der Waals surface area (Å²) >= 11 is 0. The summed E-state index contributed by atoms with van der Waals surface area (Å²) < 4.78 is 225. The summed E-state index contributed by atoms with van der Waals surface area (Å²) in [6, 6.07) is 0. The summed E-state index contributed by atoms with van der Waals surface area (Å²) in [4.78, 5) is 0. The molecule has 0 aromatic rings. The zero-order valence-electron chi connectivity index (χ0n) is 12.9. The van der Waals surface area contributed by atoms with Crippen LogP contribution in [-0.4, -0.2) is 60.3 Å². The summed E-state index contributed by atoms with van der Waals surface area (Å²) in [5.41, 5.74) is 0. The first-order chi connectivity index (χ1) is 12.9. The van der Waals surface area contributed by atoms with Gasteiger partial charge in [0.2, 0.25) is 0 Å². The lowest BCUT2D eigenvalue weighted by Gasteiger charge is -2.30. The Labute approximate surface area is 151 Å². The zero-order chi connectivity index (χ0) is 24.7. The van der Waals surface area contributed by atoms with Crippen LogP contribution in [0.5, 0.6) is 0 Å². The van der Waals surface area contributed by atoms with E-state index in [2.05, 4.69) is 0 Å². The van der Waals surface area contributed by atoms with Crippen molar-refractivity contribution in [3.63, 3.8) is 0 Å². The fourth-order valence-electron chi connectivity index (χ4n) is 1.17. The van der Waals surface area contributed by atoms with Crippen LogP contribution in [-0.2, 0) is 0 Å². The lowest BCUT2D eigenvalue weighted by Crippen LogP contribution is -2.60. The third-order valence-corrected chi connectivity index (χ3v) is 2.92. The van der Waals surface area contributed by atoms with Crippen molar-refractivity contribution in [2.24, 2.45) is 10.2 Å². The highest BCUT2D eigenvalue weighted by atomic mass is 19.4. The molecule has 0 aliphatic carbocycles. The van der Waals surface area contributed by atoms with Gasteiger partial charge in [0.15, 0.2) is 0 Å². The zero-order valence-corrected chi connectivity index (χ0v) is 12.9. The quantitative estimate of drug-likeness (QED) is 0.215. The van der Waals surface area contributed by atoms with Gasteiger partial charge in [-0.3, -0.25) is 0 Å². The van der Waals surface area contributed by atoms with Gasteiger partial charge in [-0.05, 0) is 0 Å². The van der Waals surface area contributed by atoms with Crippen LogP contribution < -0.4 is 0 Å². The second-order valence-corrected chi connectivity index (χ2v) is 4.93.